The summed E-state index contributed by atoms with van der Waals surface area (Å²) in [6.07, 6.45) is 0. The molecule has 3 aromatic carbocycles. The van der Waals surface area contributed by atoms with E-state index in [1.54, 1.807) is 0 Å². The molecule has 0 saturated carbocycles. The van der Waals surface area contributed by atoms with E-state index in [-0.39, 0.29) is 37.6 Å². The van der Waals surface area contributed by atoms with Crippen LogP contribution in [0.2, 0.25) is 5.02 Å². The molecule has 0 fully saturated rings. The van der Waals surface area contributed by atoms with Crippen LogP contribution in [0.3, 0.4) is 0 Å². The van der Waals surface area contributed by atoms with Crippen molar-refractivity contribution in [2.75, 3.05) is 16.6 Å². The van der Waals surface area contributed by atoms with E-state index >= 15 is 0 Å². The number of ether oxygens (including phenoxy) is 1. The summed E-state index contributed by atoms with van der Waals surface area (Å²) in [5.74, 6) is -0.632. The zero-order chi connectivity index (χ0) is 25.8. The summed E-state index contributed by atoms with van der Waals surface area (Å²) in [7, 11) is -8.05. The molecule has 0 unspecified atom stereocenters. The Morgan fingerprint density at radius 2 is 1.57 bits per heavy atom. The van der Waals surface area contributed by atoms with Gasteiger partial charge in [-0.3, -0.25) is 19.6 Å². The number of nitro groups is 1. The molecule has 35 heavy (non-hydrogen) atoms. The Balaban J connectivity index is 1.71. The van der Waals surface area contributed by atoms with E-state index < -0.39 is 37.5 Å². The molecule has 184 valence electrons. The maximum absolute atomic E-state index is 12.7. The van der Waals surface area contributed by atoms with Crippen LogP contribution in [0.1, 0.15) is 0 Å². The molecule has 0 aromatic heterocycles. The first-order valence-electron chi connectivity index (χ1n) is 9.47. The molecule has 1 amide bonds. The number of rotatable bonds is 9. The number of halogens is 1. The fourth-order valence-corrected chi connectivity index (χ4v) is 4.48. The van der Waals surface area contributed by atoms with Gasteiger partial charge in [0.2, 0.25) is 10.0 Å². The summed E-state index contributed by atoms with van der Waals surface area (Å²) in [4.78, 5) is 22.0. The van der Waals surface area contributed by atoms with Gasteiger partial charge in [0.15, 0.2) is 6.61 Å². The highest BCUT2D eigenvalue weighted by atomic mass is 35.5. The fraction of sp³-hybridized carbons (Fsp3) is 0.0500. The van der Waals surface area contributed by atoms with Crippen LogP contribution < -0.4 is 19.9 Å². The first-order valence-corrected chi connectivity index (χ1v) is 12.9. The van der Waals surface area contributed by atoms with Gasteiger partial charge in [0, 0.05) is 22.8 Å². The number of hydrogen-bond acceptors (Lipinski definition) is 8. The van der Waals surface area contributed by atoms with E-state index in [0.717, 1.165) is 24.3 Å². The monoisotopic (exact) mass is 540 g/mol. The number of non-ortho nitro benzene ring substituents is 1. The molecule has 3 rings (SSSR count). The zero-order valence-electron chi connectivity index (χ0n) is 17.5. The van der Waals surface area contributed by atoms with Crippen molar-refractivity contribution < 1.29 is 31.3 Å². The van der Waals surface area contributed by atoms with Gasteiger partial charge in [-0.15, -0.1) is 0 Å². The number of nitrogens with one attached hydrogen (secondary N) is 2. The largest absolute Gasteiger partial charge is 0.482 e. The molecular weight excluding hydrogens is 524 g/mol. The second-order valence-corrected chi connectivity index (χ2v) is 10.6. The van der Waals surface area contributed by atoms with Crippen molar-refractivity contribution in [1.82, 2.24) is 0 Å². The Morgan fingerprint density at radius 3 is 2.14 bits per heavy atom. The second-order valence-electron chi connectivity index (χ2n) is 6.90. The number of amides is 1. The average molecular weight is 541 g/mol. The Kier molecular flexibility index (Phi) is 7.60. The molecule has 0 heterocycles. The third kappa shape index (κ3) is 6.89. The van der Waals surface area contributed by atoms with E-state index in [0.29, 0.717) is 0 Å². The molecule has 0 spiro atoms. The highest BCUT2D eigenvalue weighted by Gasteiger charge is 2.19. The molecule has 0 aliphatic heterocycles. The van der Waals surface area contributed by atoms with Crippen LogP contribution in [0, 0.1) is 10.1 Å². The molecule has 0 radical (unpaired) electrons. The van der Waals surface area contributed by atoms with Crippen LogP contribution in [0.15, 0.2) is 76.5 Å². The van der Waals surface area contributed by atoms with Crippen LogP contribution in [0.5, 0.6) is 5.75 Å². The van der Waals surface area contributed by atoms with Crippen molar-refractivity contribution in [2.45, 2.75) is 9.79 Å². The molecule has 3 aromatic rings. The number of nitrogens with two attached hydrogens (primary N) is 1. The molecule has 12 nitrogen and oxygen atoms in total. The predicted molar refractivity (Wildman–Crippen MR) is 127 cm³/mol. The quantitative estimate of drug-likeness (QED) is 0.272. The van der Waals surface area contributed by atoms with Crippen molar-refractivity contribution >= 4 is 54.6 Å². The van der Waals surface area contributed by atoms with Crippen molar-refractivity contribution in [3.8, 4) is 5.75 Å². The minimum Gasteiger partial charge on any atom is -0.482 e. The van der Waals surface area contributed by atoms with Crippen LogP contribution >= 0.6 is 11.6 Å². The Hall–Kier alpha value is -3.72. The topological polar surface area (TPSA) is 188 Å². The van der Waals surface area contributed by atoms with E-state index in [4.69, 9.17) is 21.5 Å². The van der Waals surface area contributed by atoms with Gasteiger partial charge in [-0.1, -0.05) is 11.6 Å². The summed E-state index contributed by atoms with van der Waals surface area (Å²) >= 11 is 5.97. The molecule has 4 N–H and O–H groups in total. The Labute approximate surface area is 204 Å². The zero-order valence-corrected chi connectivity index (χ0v) is 19.9. The maximum atomic E-state index is 12.7. The summed E-state index contributed by atoms with van der Waals surface area (Å²) in [5, 5.41) is 18.5. The average Bonchev–Trinajstić information content (AvgIpc) is 2.78. The number of carbonyl (C=O) groups excluding carboxylic acids is 1. The Morgan fingerprint density at radius 1 is 0.971 bits per heavy atom. The highest BCUT2D eigenvalue weighted by molar-refractivity contribution is 7.92. The first kappa shape index (κ1) is 25.9. The molecule has 0 bridgehead atoms. The van der Waals surface area contributed by atoms with Crippen LogP contribution in [0.4, 0.5) is 17.1 Å². The van der Waals surface area contributed by atoms with Crippen LogP contribution in [0.25, 0.3) is 0 Å². The van der Waals surface area contributed by atoms with Gasteiger partial charge < -0.3 is 10.1 Å². The lowest BCUT2D eigenvalue weighted by Gasteiger charge is -2.14. The molecule has 0 aliphatic carbocycles. The SMILES string of the molecule is NS(=O)(=O)c1ccc(NC(=O)COc2ccc(Cl)cc2NS(=O)(=O)c2ccc([N+](=O)[O-])cc2)cc1. The maximum Gasteiger partial charge on any atom is 0.269 e. The van der Waals surface area contributed by atoms with Gasteiger partial charge in [0.25, 0.3) is 21.6 Å². The van der Waals surface area contributed by atoms with Crippen molar-refractivity contribution in [3.63, 3.8) is 0 Å². The summed E-state index contributed by atoms with van der Waals surface area (Å²) in [6, 6.07) is 13.4. The van der Waals surface area contributed by atoms with E-state index in [1.165, 1.54) is 42.5 Å². The lowest BCUT2D eigenvalue weighted by atomic mass is 10.3. The van der Waals surface area contributed by atoms with Gasteiger partial charge >= 0.3 is 0 Å². The third-order valence-electron chi connectivity index (χ3n) is 4.37. The number of hydrogen-bond donors (Lipinski definition) is 3. The van der Waals surface area contributed by atoms with Crippen molar-refractivity contribution in [1.29, 1.82) is 0 Å². The smallest absolute Gasteiger partial charge is 0.269 e. The van der Waals surface area contributed by atoms with Gasteiger partial charge in [-0.05, 0) is 54.6 Å². The summed E-state index contributed by atoms with van der Waals surface area (Å²) < 4.78 is 55.7. The number of anilines is 2. The molecule has 0 aliphatic rings. The molecule has 0 saturated heterocycles. The van der Waals surface area contributed by atoms with E-state index in [1.807, 2.05) is 0 Å². The fourth-order valence-electron chi connectivity index (χ4n) is 2.73. The number of sulfonamides is 2. The predicted octanol–water partition coefficient (Wildman–Crippen LogP) is 2.71. The third-order valence-corrected chi connectivity index (χ3v) is 6.91. The minimum atomic E-state index is -4.17. The number of nitrogens with zero attached hydrogens (tertiary/aromatic N) is 1. The number of primary sulfonamides is 1. The lowest BCUT2D eigenvalue weighted by Crippen LogP contribution is -2.21. The van der Waals surface area contributed by atoms with Crippen LogP contribution in [-0.4, -0.2) is 34.3 Å². The van der Waals surface area contributed by atoms with Crippen molar-refractivity contribution in [2.24, 2.45) is 5.14 Å². The van der Waals surface area contributed by atoms with Gasteiger partial charge in [0.1, 0.15) is 5.75 Å². The first-order chi connectivity index (χ1) is 16.3. The van der Waals surface area contributed by atoms with Crippen molar-refractivity contribution in [3.05, 3.63) is 81.9 Å². The molecular formula is C20H17ClN4O8S2. The lowest BCUT2D eigenvalue weighted by molar-refractivity contribution is -0.384. The number of benzene rings is 3. The standard InChI is InChI=1S/C20H17ClN4O8S2/c21-13-1-10-19(33-12-20(26)23-14-2-6-16(7-3-14)34(22,29)30)18(11-13)24-35(31,32)17-8-4-15(5-9-17)25(27)28/h1-11,24H,12H2,(H,23,26)(H2,22,29,30). The van der Waals surface area contributed by atoms with E-state index in [2.05, 4.69) is 10.0 Å². The van der Waals surface area contributed by atoms with E-state index in [9.17, 15) is 31.7 Å². The number of nitro benzene ring substituents is 1. The summed E-state index contributed by atoms with van der Waals surface area (Å²) in [5.41, 5.74) is -0.0663. The molecule has 0 atom stereocenters. The van der Waals surface area contributed by atoms with Crippen LogP contribution in [-0.2, 0) is 24.8 Å². The minimum absolute atomic E-state index is 0.0143. The molecule has 15 heteroatoms. The summed E-state index contributed by atoms with van der Waals surface area (Å²) in [6.45, 7) is -0.523. The highest BCUT2D eigenvalue weighted by Crippen LogP contribution is 2.30. The van der Waals surface area contributed by atoms with Gasteiger partial charge in [-0.2, -0.15) is 0 Å². The number of carbonyl (C=O) groups is 1. The Bertz CT molecular complexity index is 1480. The second kappa shape index (κ2) is 10.3. The van der Waals surface area contributed by atoms with Gasteiger partial charge in [-0.25, -0.2) is 22.0 Å². The van der Waals surface area contributed by atoms with Gasteiger partial charge in [0.05, 0.1) is 20.4 Å². The normalized spacial score (nSPS) is 11.5.